The largest absolute Gasteiger partial charge is 0.389 e. The highest BCUT2D eigenvalue weighted by molar-refractivity contribution is 7.80. The predicted octanol–water partition coefficient (Wildman–Crippen LogP) is 1.82. The lowest BCUT2D eigenvalue weighted by Crippen LogP contribution is -2.28. The van der Waals surface area contributed by atoms with E-state index >= 15 is 0 Å². The molecule has 1 saturated heterocycles. The minimum absolute atomic E-state index is 0.120. The van der Waals surface area contributed by atoms with Crippen LogP contribution < -0.4 is 11.1 Å². The molecule has 2 unspecified atom stereocenters. The zero-order chi connectivity index (χ0) is 14.0. The van der Waals surface area contributed by atoms with Gasteiger partial charge in [0.25, 0.3) is 0 Å². The molecule has 1 aromatic carbocycles. The van der Waals surface area contributed by atoms with Crippen LogP contribution >= 0.6 is 12.2 Å². The van der Waals surface area contributed by atoms with Crippen LogP contribution in [0.1, 0.15) is 18.9 Å². The first-order valence-corrected chi connectivity index (χ1v) is 6.41. The summed E-state index contributed by atoms with van der Waals surface area (Å²) in [6.07, 6.45) is 0.513. The molecule has 2 atom stereocenters. The molecular weight excluding hydrogens is 267 g/mol. The maximum absolute atomic E-state index is 13.8. The van der Waals surface area contributed by atoms with Crippen molar-refractivity contribution >= 4 is 28.8 Å². The van der Waals surface area contributed by atoms with Crippen LogP contribution in [0.3, 0.4) is 0 Å². The van der Waals surface area contributed by atoms with E-state index in [-0.39, 0.29) is 28.6 Å². The Hall–Kier alpha value is -1.53. The van der Waals surface area contributed by atoms with Gasteiger partial charge in [0.2, 0.25) is 5.91 Å². The van der Waals surface area contributed by atoms with Gasteiger partial charge in [-0.3, -0.25) is 4.79 Å². The van der Waals surface area contributed by atoms with Crippen molar-refractivity contribution in [1.29, 1.82) is 0 Å². The molecule has 102 valence electrons. The van der Waals surface area contributed by atoms with Gasteiger partial charge in [0.15, 0.2) is 0 Å². The molecule has 6 heteroatoms. The van der Waals surface area contributed by atoms with Crippen LogP contribution in [0.25, 0.3) is 0 Å². The van der Waals surface area contributed by atoms with Crippen LogP contribution in [-0.4, -0.2) is 23.6 Å². The molecule has 0 radical (unpaired) electrons. The van der Waals surface area contributed by atoms with Crippen molar-refractivity contribution in [3.8, 4) is 0 Å². The van der Waals surface area contributed by atoms with Crippen molar-refractivity contribution in [1.82, 2.24) is 0 Å². The lowest BCUT2D eigenvalue weighted by Gasteiger charge is -2.14. The average molecular weight is 282 g/mol. The van der Waals surface area contributed by atoms with E-state index in [1.165, 1.54) is 12.1 Å². The number of carbonyl (C=O) groups excluding carboxylic acids is 1. The van der Waals surface area contributed by atoms with Gasteiger partial charge in [0, 0.05) is 12.2 Å². The van der Waals surface area contributed by atoms with Crippen molar-refractivity contribution in [3.63, 3.8) is 0 Å². The van der Waals surface area contributed by atoms with Gasteiger partial charge in [0.05, 0.1) is 17.7 Å². The lowest BCUT2D eigenvalue weighted by molar-refractivity contribution is -0.121. The highest BCUT2D eigenvalue weighted by Crippen LogP contribution is 2.23. The molecule has 1 aromatic rings. The molecule has 19 heavy (non-hydrogen) atoms. The minimum atomic E-state index is -0.551. The van der Waals surface area contributed by atoms with E-state index in [1.54, 1.807) is 6.07 Å². The first-order valence-electron chi connectivity index (χ1n) is 6.01. The Kier molecular flexibility index (Phi) is 4.11. The smallest absolute Gasteiger partial charge is 0.230 e. The Balaban J connectivity index is 2.11. The second kappa shape index (κ2) is 5.63. The third-order valence-corrected chi connectivity index (χ3v) is 3.46. The monoisotopic (exact) mass is 282 g/mol. The Morgan fingerprint density at radius 2 is 2.32 bits per heavy atom. The van der Waals surface area contributed by atoms with Gasteiger partial charge in [-0.1, -0.05) is 12.2 Å². The SMILES string of the molecule is CC1OCCC1C(=O)Nc1ccc(C(N)=S)cc1F. The maximum Gasteiger partial charge on any atom is 0.230 e. The number of nitrogens with two attached hydrogens (primary N) is 1. The fourth-order valence-electron chi connectivity index (χ4n) is 2.07. The number of nitrogens with one attached hydrogen (secondary N) is 1. The summed E-state index contributed by atoms with van der Waals surface area (Å²) in [6, 6.07) is 4.25. The number of halogens is 1. The third kappa shape index (κ3) is 3.08. The number of ether oxygens (including phenoxy) is 1. The van der Waals surface area contributed by atoms with Crippen molar-refractivity contribution in [2.75, 3.05) is 11.9 Å². The van der Waals surface area contributed by atoms with Crippen LogP contribution in [0.4, 0.5) is 10.1 Å². The second-order valence-electron chi connectivity index (χ2n) is 4.52. The summed E-state index contributed by atoms with van der Waals surface area (Å²) in [5, 5.41) is 2.57. The molecule has 1 heterocycles. The molecule has 1 amide bonds. The zero-order valence-corrected chi connectivity index (χ0v) is 11.3. The Bertz CT molecular complexity index is 521. The zero-order valence-electron chi connectivity index (χ0n) is 10.5. The maximum atomic E-state index is 13.8. The van der Waals surface area contributed by atoms with Gasteiger partial charge in [-0.25, -0.2) is 4.39 Å². The van der Waals surface area contributed by atoms with Crippen LogP contribution in [0, 0.1) is 11.7 Å². The molecular formula is C13H15FN2O2S. The van der Waals surface area contributed by atoms with Crippen LogP contribution in [0.15, 0.2) is 18.2 Å². The van der Waals surface area contributed by atoms with Crippen LogP contribution in [0.2, 0.25) is 0 Å². The van der Waals surface area contributed by atoms with Crippen LogP contribution in [0.5, 0.6) is 0 Å². The molecule has 0 bridgehead atoms. The number of anilines is 1. The lowest BCUT2D eigenvalue weighted by atomic mass is 10.0. The standard InChI is InChI=1S/C13H15FN2O2S/c1-7-9(4-5-18-7)13(17)16-11-3-2-8(12(15)19)6-10(11)14/h2-3,6-7,9H,4-5H2,1H3,(H2,15,19)(H,16,17). The summed E-state index contributed by atoms with van der Waals surface area (Å²) in [4.78, 5) is 12.1. The van der Waals surface area contributed by atoms with Gasteiger partial charge in [-0.15, -0.1) is 0 Å². The van der Waals surface area contributed by atoms with Crippen molar-refractivity contribution in [3.05, 3.63) is 29.6 Å². The highest BCUT2D eigenvalue weighted by atomic mass is 32.1. The average Bonchev–Trinajstić information content (AvgIpc) is 2.77. The number of hydrogen-bond donors (Lipinski definition) is 2. The molecule has 0 aliphatic carbocycles. The van der Waals surface area contributed by atoms with E-state index in [4.69, 9.17) is 22.7 Å². The molecule has 4 nitrogen and oxygen atoms in total. The number of benzene rings is 1. The predicted molar refractivity (Wildman–Crippen MR) is 74.4 cm³/mol. The summed E-state index contributed by atoms with van der Waals surface area (Å²) in [5.41, 5.74) is 5.97. The Morgan fingerprint density at radius 3 is 2.84 bits per heavy atom. The fraction of sp³-hybridized carbons (Fsp3) is 0.385. The number of rotatable bonds is 3. The number of thiocarbonyl (C=S) groups is 1. The van der Waals surface area contributed by atoms with Gasteiger partial charge in [-0.05, 0) is 31.5 Å². The van der Waals surface area contributed by atoms with E-state index in [0.717, 1.165) is 0 Å². The first-order chi connectivity index (χ1) is 8.99. The van der Waals surface area contributed by atoms with E-state index in [0.29, 0.717) is 18.6 Å². The van der Waals surface area contributed by atoms with E-state index in [9.17, 15) is 9.18 Å². The van der Waals surface area contributed by atoms with Gasteiger partial charge in [-0.2, -0.15) is 0 Å². The second-order valence-corrected chi connectivity index (χ2v) is 4.96. The minimum Gasteiger partial charge on any atom is -0.389 e. The molecule has 1 fully saturated rings. The quantitative estimate of drug-likeness (QED) is 0.830. The Morgan fingerprint density at radius 1 is 1.58 bits per heavy atom. The van der Waals surface area contributed by atoms with Crippen molar-refractivity contribution in [2.45, 2.75) is 19.4 Å². The van der Waals surface area contributed by atoms with E-state index in [2.05, 4.69) is 5.32 Å². The fourth-order valence-corrected chi connectivity index (χ4v) is 2.20. The topological polar surface area (TPSA) is 64.3 Å². The third-order valence-electron chi connectivity index (χ3n) is 3.22. The van der Waals surface area contributed by atoms with Crippen molar-refractivity contribution < 1.29 is 13.9 Å². The highest BCUT2D eigenvalue weighted by Gasteiger charge is 2.31. The molecule has 1 aliphatic rings. The summed E-state index contributed by atoms with van der Waals surface area (Å²) in [6.45, 7) is 2.39. The van der Waals surface area contributed by atoms with Gasteiger partial charge < -0.3 is 15.8 Å². The number of hydrogen-bond acceptors (Lipinski definition) is 3. The molecule has 1 aliphatic heterocycles. The number of amides is 1. The number of carbonyl (C=O) groups is 1. The molecule has 0 saturated carbocycles. The Labute approximate surface area is 116 Å². The summed E-state index contributed by atoms with van der Waals surface area (Å²) in [5.74, 6) is -1.02. The normalized spacial score (nSPS) is 22.2. The first kappa shape index (κ1) is 13.9. The van der Waals surface area contributed by atoms with E-state index < -0.39 is 5.82 Å². The molecule has 3 N–H and O–H groups in total. The van der Waals surface area contributed by atoms with Gasteiger partial charge >= 0.3 is 0 Å². The van der Waals surface area contributed by atoms with Gasteiger partial charge in [0.1, 0.15) is 10.8 Å². The molecule has 0 spiro atoms. The molecule has 0 aromatic heterocycles. The van der Waals surface area contributed by atoms with Crippen LogP contribution in [-0.2, 0) is 9.53 Å². The van der Waals surface area contributed by atoms with E-state index in [1.807, 2.05) is 6.92 Å². The summed E-state index contributed by atoms with van der Waals surface area (Å²) in [7, 11) is 0. The summed E-state index contributed by atoms with van der Waals surface area (Å²) >= 11 is 4.76. The molecule has 2 rings (SSSR count). The summed E-state index contributed by atoms with van der Waals surface area (Å²) < 4.78 is 19.1. The van der Waals surface area contributed by atoms with Crippen molar-refractivity contribution in [2.24, 2.45) is 11.7 Å².